The van der Waals surface area contributed by atoms with E-state index in [1.54, 1.807) is 31.2 Å². The number of nitro benzene ring substituents is 1. The van der Waals surface area contributed by atoms with Crippen LogP contribution in [0, 0.1) is 10.1 Å². The largest absolute Gasteiger partial charge is 0.507 e. The normalized spacial score (nSPS) is 10.4. The van der Waals surface area contributed by atoms with Gasteiger partial charge in [0.25, 0.3) is 11.6 Å². The summed E-state index contributed by atoms with van der Waals surface area (Å²) in [6, 6.07) is 3.39. The van der Waals surface area contributed by atoms with Gasteiger partial charge in [0, 0.05) is 38.5 Å². The van der Waals surface area contributed by atoms with Crippen molar-refractivity contribution in [3.63, 3.8) is 0 Å². The van der Waals surface area contributed by atoms with Crippen LogP contribution >= 0.6 is 0 Å². The number of carbonyl (C=O) groups is 1. The summed E-state index contributed by atoms with van der Waals surface area (Å²) >= 11 is 0. The van der Waals surface area contributed by atoms with Crippen molar-refractivity contribution in [2.75, 3.05) is 7.05 Å². The average molecular weight is 290 g/mol. The predicted molar refractivity (Wildman–Crippen MR) is 73.8 cm³/mol. The Morgan fingerprint density at radius 1 is 1.52 bits per heavy atom. The Morgan fingerprint density at radius 3 is 2.76 bits per heavy atom. The van der Waals surface area contributed by atoms with Crippen molar-refractivity contribution in [2.45, 2.75) is 6.54 Å². The number of phenolic OH excluding ortho intramolecular Hbond substituents is 1. The summed E-state index contributed by atoms with van der Waals surface area (Å²) in [4.78, 5) is 23.6. The van der Waals surface area contributed by atoms with Gasteiger partial charge in [0.15, 0.2) is 0 Å². The van der Waals surface area contributed by atoms with Crippen LogP contribution in [0.1, 0.15) is 15.9 Å². The highest BCUT2D eigenvalue weighted by Crippen LogP contribution is 2.24. The van der Waals surface area contributed by atoms with E-state index in [0.29, 0.717) is 6.54 Å². The number of phenols is 1. The summed E-state index contributed by atoms with van der Waals surface area (Å²) in [7, 11) is 3.35. The average Bonchev–Trinajstić information content (AvgIpc) is 2.83. The summed E-state index contributed by atoms with van der Waals surface area (Å²) in [6.07, 6.45) is 3.42. The molecule has 0 aliphatic carbocycles. The maximum absolute atomic E-state index is 12.2. The van der Waals surface area contributed by atoms with Crippen molar-refractivity contribution < 1.29 is 14.8 Å². The van der Waals surface area contributed by atoms with Gasteiger partial charge >= 0.3 is 0 Å². The minimum absolute atomic E-state index is 0.0204. The summed E-state index contributed by atoms with van der Waals surface area (Å²) in [6.45, 7) is 0.323. The van der Waals surface area contributed by atoms with Gasteiger partial charge in [0.2, 0.25) is 0 Å². The highest BCUT2D eigenvalue weighted by Gasteiger charge is 2.19. The number of non-ortho nitro benzene ring substituents is 1. The van der Waals surface area contributed by atoms with E-state index < -0.39 is 16.6 Å². The van der Waals surface area contributed by atoms with Crippen LogP contribution in [0.2, 0.25) is 0 Å². The lowest BCUT2D eigenvalue weighted by Gasteiger charge is -2.16. The molecule has 1 heterocycles. The van der Waals surface area contributed by atoms with E-state index in [1.165, 1.54) is 17.0 Å². The number of rotatable bonds is 4. The van der Waals surface area contributed by atoms with Crippen molar-refractivity contribution in [3.8, 4) is 5.75 Å². The van der Waals surface area contributed by atoms with Gasteiger partial charge in [-0.05, 0) is 6.07 Å². The molecule has 1 N–H and O–H groups in total. The van der Waals surface area contributed by atoms with Gasteiger partial charge in [-0.1, -0.05) is 0 Å². The first-order chi connectivity index (χ1) is 9.88. The fourth-order valence-corrected chi connectivity index (χ4v) is 1.92. The zero-order valence-electron chi connectivity index (χ0n) is 11.6. The standard InChI is InChI=1S/C13H14N4O4/c1-15(7-9-6-14-16(2)8-9)13(19)11-4-3-10(17(20)21)5-12(11)18/h3-6,8,18H,7H2,1-2H3. The number of hydrogen-bond acceptors (Lipinski definition) is 5. The van der Waals surface area contributed by atoms with Crippen LogP contribution < -0.4 is 0 Å². The van der Waals surface area contributed by atoms with Gasteiger partial charge in [-0.25, -0.2) is 0 Å². The van der Waals surface area contributed by atoms with Crippen LogP contribution in [0.3, 0.4) is 0 Å². The molecular formula is C13H14N4O4. The van der Waals surface area contributed by atoms with E-state index in [9.17, 15) is 20.0 Å². The van der Waals surface area contributed by atoms with E-state index in [2.05, 4.69) is 5.10 Å². The van der Waals surface area contributed by atoms with Crippen molar-refractivity contribution in [3.05, 3.63) is 51.8 Å². The first-order valence-electron chi connectivity index (χ1n) is 6.09. The van der Waals surface area contributed by atoms with E-state index in [0.717, 1.165) is 11.6 Å². The molecule has 0 bridgehead atoms. The van der Waals surface area contributed by atoms with E-state index in [1.807, 2.05) is 0 Å². The Hall–Kier alpha value is -2.90. The molecule has 110 valence electrons. The van der Waals surface area contributed by atoms with Gasteiger partial charge in [-0.15, -0.1) is 0 Å². The van der Waals surface area contributed by atoms with Crippen LogP contribution in [0.25, 0.3) is 0 Å². The molecular weight excluding hydrogens is 276 g/mol. The van der Waals surface area contributed by atoms with Crippen LogP contribution in [0.15, 0.2) is 30.6 Å². The highest BCUT2D eigenvalue weighted by molar-refractivity contribution is 5.97. The van der Waals surface area contributed by atoms with Crippen LogP contribution in [-0.4, -0.2) is 37.7 Å². The summed E-state index contributed by atoms with van der Waals surface area (Å²) in [5.41, 5.74) is 0.598. The minimum atomic E-state index is -0.632. The SMILES string of the molecule is CN(Cc1cnn(C)c1)C(=O)c1ccc([N+](=O)[O-])cc1O. The summed E-state index contributed by atoms with van der Waals surface area (Å²) in [5.74, 6) is -0.835. The summed E-state index contributed by atoms with van der Waals surface area (Å²) < 4.78 is 1.62. The first kappa shape index (κ1) is 14.5. The molecule has 21 heavy (non-hydrogen) atoms. The van der Waals surface area contributed by atoms with Gasteiger partial charge in [-0.3, -0.25) is 19.6 Å². The molecule has 0 saturated heterocycles. The van der Waals surface area contributed by atoms with Crippen molar-refractivity contribution in [1.82, 2.24) is 14.7 Å². The molecule has 0 atom stereocenters. The van der Waals surface area contributed by atoms with Crippen LogP contribution in [0.4, 0.5) is 5.69 Å². The Morgan fingerprint density at radius 2 is 2.24 bits per heavy atom. The lowest BCUT2D eigenvalue weighted by atomic mass is 10.1. The number of aromatic hydroxyl groups is 1. The number of aryl methyl sites for hydroxylation is 1. The molecule has 8 heteroatoms. The molecule has 1 aromatic carbocycles. The number of nitro groups is 1. The third-order valence-corrected chi connectivity index (χ3v) is 2.95. The number of nitrogens with zero attached hydrogens (tertiary/aromatic N) is 4. The van der Waals surface area contributed by atoms with Gasteiger partial charge < -0.3 is 10.0 Å². The van der Waals surface area contributed by atoms with Crippen LogP contribution in [0.5, 0.6) is 5.75 Å². The molecule has 2 rings (SSSR count). The third-order valence-electron chi connectivity index (χ3n) is 2.95. The molecule has 0 radical (unpaired) electrons. The second-order valence-electron chi connectivity index (χ2n) is 4.64. The number of aromatic nitrogens is 2. The number of benzene rings is 1. The molecule has 0 saturated carbocycles. The lowest BCUT2D eigenvalue weighted by Crippen LogP contribution is -2.26. The number of hydrogen-bond donors (Lipinski definition) is 1. The molecule has 0 aliphatic heterocycles. The fraction of sp³-hybridized carbons (Fsp3) is 0.231. The summed E-state index contributed by atoms with van der Waals surface area (Å²) in [5, 5.41) is 24.4. The third kappa shape index (κ3) is 3.16. The molecule has 0 spiro atoms. The van der Waals surface area contributed by atoms with E-state index in [-0.39, 0.29) is 11.3 Å². The van der Waals surface area contributed by atoms with Crippen LogP contribution in [-0.2, 0) is 13.6 Å². The quantitative estimate of drug-likeness (QED) is 0.675. The topological polar surface area (TPSA) is 102 Å². The van der Waals surface area contributed by atoms with Gasteiger partial charge in [0.1, 0.15) is 5.75 Å². The molecule has 0 fully saturated rings. The molecule has 0 aliphatic rings. The Kier molecular flexibility index (Phi) is 3.88. The zero-order valence-corrected chi connectivity index (χ0v) is 11.6. The Labute approximate surface area is 120 Å². The molecule has 1 amide bonds. The van der Waals surface area contributed by atoms with Crippen molar-refractivity contribution in [2.24, 2.45) is 7.05 Å². The van der Waals surface area contributed by atoms with Gasteiger partial charge in [0.05, 0.1) is 22.7 Å². The van der Waals surface area contributed by atoms with Crippen molar-refractivity contribution >= 4 is 11.6 Å². The minimum Gasteiger partial charge on any atom is -0.507 e. The molecule has 0 unspecified atom stereocenters. The highest BCUT2D eigenvalue weighted by atomic mass is 16.6. The van der Waals surface area contributed by atoms with Gasteiger partial charge in [-0.2, -0.15) is 5.10 Å². The van der Waals surface area contributed by atoms with E-state index >= 15 is 0 Å². The number of carbonyl (C=O) groups excluding carboxylic acids is 1. The first-order valence-corrected chi connectivity index (χ1v) is 6.09. The van der Waals surface area contributed by atoms with E-state index in [4.69, 9.17) is 0 Å². The predicted octanol–water partition coefficient (Wildman–Crippen LogP) is 1.31. The fourth-order valence-electron chi connectivity index (χ4n) is 1.92. The molecule has 2 aromatic rings. The second kappa shape index (κ2) is 5.61. The molecule has 8 nitrogen and oxygen atoms in total. The monoisotopic (exact) mass is 290 g/mol. The second-order valence-corrected chi connectivity index (χ2v) is 4.64. The maximum Gasteiger partial charge on any atom is 0.273 e. The Bertz CT molecular complexity index is 695. The zero-order chi connectivity index (χ0) is 15.6. The van der Waals surface area contributed by atoms with Crippen molar-refractivity contribution in [1.29, 1.82) is 0 Å². The lowest BCUT2D eigenvalue weighted by molar-refractivity contribution is -0.384. The smallest absolute Gasteiger partial charge is 0.273 e. The number of amides is 1. The molecule has 1 aromatic heterocycles. The Balaban J connectivity index is 2.17. The maximum atomic E-state index is 12.2.